The van der Waals surface area contributed by atoms with E-state index in [4.69, 9.17) is 11.6 Å². The molecular formula is C9H6ClFN2S. The molecule has 0 unspecified atom stereocenters. The fraction of sp³-hybridized carbons (Fsp3) is 0.111. The Kier molecular flexibility index (Phi) is 2.48. The summed E-state index contributed by atoms with van der Waals surface area (Å²) in [5, 5.41) is 1.90. The maximum absolute atomic E-state index is 13.3. The quantitative estimate of drug-likeness (QED) is 0.700. The van der Waals surface area contributed by atoms with Crippen LogP contribution in [0.2, 0.25) is 5.28 Å². The van der Waals surface area contributed by atoms with E-state index in [1.165, 1.54) is 0 Å². The molecule has 2 heterocycles. The molecule has 0 aliphatic rings. The molecule has 0 bridgehead atoms. The van der Waals surface area contributed by atoms with Crippen molar-refractivity contribution in [3.05, 3.63) is 33.6 Å². The number of thiophene rings is 1. The number of rotatable bonds is 1. The zero-order valence-electron chi connectivity index (χ0n) is 7.29. The standard InChI is InChI=1S/C9H6ClFN2S/c1-5-2-6(4-14-5)8-7(11)3-12-9(10)13-8/h2-4H,1H3. The molecule has 0 atom stereocenters. The van der Waals surface area contributed by atoms with Crippen molar-refractivity contribution in [2.75, 3.05) is 0 Å². The monoisotopic (exact) mass is 228 g/mol. The lowest BCUT2D eigenvalue weighted by Gasteiger charge is -1.98. The second-order valence-electron chi connectivity index (χ2n) is 2.78. The SMILES string of the molecule is Cc1cc(-c2nc(Cl)ncc2F)cs1. The maximum atomic E-state index is 13.3. The van der Waals surface area contributed by atoms with Crippen LogP contribution in [0.25, 0.3) is 11.3 Å². The maximum Gasteiger partial charge on any atom is 0.223 e. The zero-order valence-corrected chi connectivity index (χ0v) is 8.86. The van der Waals surface area contributed by atoms with Gasteiger partial charge in [-0.2, -0.15) is 0 Å². The molecule has 0 aromatic carbocycles. The second-order valence-corrected chi connectivity index (χ2v) is 4.24. The topological polar surface area (TPSA) is 25.8 Å². The van der Waals surface area contributed by atoms with E-state index >= 15 is 0 Å². The van der Waals surface area contributed by atoms with Gasteiger partial charge in [0.15, 0.2) is 5.82 Å². The Morgan fingerprint density at radius 2 is 2.29 bits per heavy atom. The van der Waals surface area contributed by atoms with Gasteiger partial charge >= 0.3 is 0 Å². The lowest BCUT2D eigenvalue weighted by Crippen LogP contribution is -1.90. The Hall–Kier alpha value is -1.00. The van der Waals surface area contributed by atoms with E-state index in [1.807, 2.05) is 18.4 Å². The third-order valence-electron chi connectivity index (χ3n) is 1.72. The first-order chi connectivity index (χ1) is 6.66. The Balaban J connectivity index is 2.55. The molecule has 0 aliphatic carbocycles. The van der Waals surface area contributed by atoms with Crippen LogP contribution in [0, 0.1) is 12.7 Å². The van der Waals surface area contributed by atoms with Crippen LogP contribution in [0.15, 0.2) is 17.6 Å². The fourth-order valence-electron chi connectivity index (χ4n) is 1.12. The second kappa shape index (κ2) is 3.63. The van der Waals surface area contributed by atoms with Crippen LogP contribution >= 0.6 is 22.9 Å². The lowest BCUT2D eigenvalue weighted by molar-refractivity contribution is 0.618. The van der Waals surface area contributed by atoms with Gasteiger partial charge in [0.2, 0.25) is 5.28 Å². The van der Waals surface area contributed by atoms with Crippen LogP contribution in [0.5, 0.6) is 0 Å². The average Bonchev–Trinajstić information content (AvgIpc) is 2.56. The van der Waals surface area contributed by atoms with E-state index in [1.54, 1.807) is 11.3 Å². The molecule has 0 radical (unpaired) electrons. The van der Waals surface area contributed by atoms with Gasteiger partial charge in [-0.1, -0.05) is 0 Å². The molecule has 0 aliphatic heterocycles. The smallest absolute Gasteiger partial charge is 0.223 e. The number of hydrogen-bond donors (Lipinski definition) is 0. The van der Waals surface area contributed by atoms with Crippen molar-refractivity contribution in [1.82, 2.24) is 9.97 Å². The molecular weight excluding hydrogens is 223 g/mol. The van der Waals surface area contributed by atoms with Crippen LogP contribution < -0.4 is 0 Å². The van der Waals surface area contributed by atoms with Crippen molar-refractivity contribution in [1.29, 1.82) is 0 Å². The van der Waals surface area contributed by atoms with Crippen molar-refractivity contribution in [3.8, 4) is 11.3 Å². The molecule has 0 fully saturated rings. The minimum Gasteiger partial charge on any atom is -0.223 e. The minimum atomic E-state index is -0.452. The van der Waals surface area contributed by atoms with Gasteiger partial charge in [-0.15, -0.1) is 11.3 Å². The summed E-state index contributed by atoms with van der Waals surface area (Å²) in [5.41, 5.74) is 1.00. The molecule has 2 aromatic rings. The van der Waals surface area contributed by atoms with Gasteiger partial charge in [-0.05, 0) is 24.6 Å². The highest BCUT2D eigenvalue weighted by Crippen LogP contribution is 2.25. The molecule has 0 saturated heterocycles. The summed E-state index contributed by atoms with van der Waals surface area (Å²) in [4.78, 5) is 8.50. The van der Waals surface area contributed by atoms with E-state index in [0.29, 0.717) is 0 Å². The normalized spacial score (nSPS) is 10.5. The molecule has 0 N–H and O–H groups in total. The van der Waals surface area contributed by atoms with Crippen LogP contribution in [0.3, 0.4) is 0 Å². The molecule has 0 spiro atoms. The Labute approximate surface area is 89.4 Å². The van der Waals surface area contributed by atoms with Crippen molar-refractivity contribution in [3.63, 3.8) is 0 Å². The van der Waals surface area contributed by atoms with Gasteiger partial charge < -0.3 is 0 Å². The third kappa shape index (κ3) is 1.76. The van der Waals surface area contributed by atoms with Crippen molar-refractivity contribution in [2.24, 2.45) is 0 Å². The summed E-state index contributed by atoms with van der Waals surface area (Å²) in [7, 11) is 0. The summed E-state index contributed by atoms with van der Waals surface area (Å²) in [6.07, 6.45) is 1.08. The van der Waals surface area contributed by atoms with Crippen LogP contribution in [0.4, 0.5) is 4.39 Å². The summed E-state index contributed by atoms with van der Waals surface area (Å²) in [5.74, 6) is -0.452. The van der Waals surface area contributed by atoms with E-state index < -0.39 is 5.82 Å². The van der Waals surface area contributed by atoms with Gasteiger partial charge in [-0.25, -0.2) is 14.4 Å². The average molecular weight is 229 g/mol. The van der Waals surface area contributed by atoms with E-state index in [9.17, 15) is 4.39 Å². The molecule has 14 heavy (non-hydrogen) atoms. The summed E-state index contributed by atoms with van der Waals surface area (Å²) >= 11 is 7.13. The third-order valence-corrected chi connectivity index (χ3v) is 2.76. The predicted octanol–water partition coefficient (Wildman–Crippen LogP) is 3.31. The largest absolute Gasteiger partial charge is 0.223 e. The van der Waals surface area contributed by atoms with Crippen LogP contribution in [0.1, 0.15) is 4.88 Å². The lowest BCUT2D eigenvalue weighted by atomic mass is 10.2. The molecule has 0 amide bonds. The Bertz CT molecular complexity index is 470. The van der Waals surface area contributed by atoms with Gasteiger partial charge in [-0.3, -0.25) is 0 Å². The number of nitrogens with zero attached hydrogens (tertiary/aromatic N) is 2. The van der Waals surface area contributed by atoms with Crippen LogP contribution in [-0.4, -0.2) is 9.97 Å². The van der Waals surface area contributed by atoms with Crippen molar-refractivity contribution in [2.45, 2.75) is 6.92 Å². The van der Waals surface area contributed by atoms with Gasteiger partial charge in [0, 0.05) is 15.8 Å². The Morgan fingerprint density at radius 3 is 2.93 bits per heavy atom. The highest BCUT2D eigenvalue weighted by Gasteiger charge is 2.09. The summed E-state index contributed by atoms with van der Waals surface area (Å²) < 4.78 is 13.3. The van der Waals surface area contributed by atoms with Crippen LogP contribution in [-0.2, 0) is 0 Å². The van der Waals surface area contributed by atoms with Crippen molar-refractivity contribution >= 4 is 22.9 Å². The van der Waals surface area contributed by atoms with Gasteiger partial charge in [0.05, 0.1) is 6.20 Å². The highest BCUT2D eigenvalue weighted by atomic mass is 35.5. The predicted molar refractivity (Wildman–Crippen MR) is 55.1 cm³/mol. The molecule has 0 saturated carbocycles. The van der Waals surface area contributed by atoms with Gasteiger partial charge in [0.25, 0.3) is 0 Å². The van der Waals surface area contributed by atoms with Crippen molar-refractivity contribution < 1.29 is 4.39 Å². The number of hydrogen-bond acceptors (Lipinski definition) is 3. The summed E-state index contributed by atoms with van der Waals surface area (Å²) in [6, 6.07) is 1.87. The number of aryl methyl sites for hydroxylation is 1. The van der Waals surface area contributed by atoms with Gasteiger partial charge in [0.1, 0.15) is 5.69 Å². The minimum absolute atomic E-state index is 0.0604. The first kappa shape index (κ1) is 9.55. The molecule has 5 heteroatoms. The van der Waals surface area contributed by atoms with E-state index in [-0.39, 0.29) is 11.0 Å². The first-order valence-electron chi connectivity index (χ1n) is 3.90. The molecule has 2 rings (SSSR count). The molecule has 2 aromatic heterocycles. The number of aromatic nitrogens is 2. The van der Waals surface area contributed by atoms with E-state index in [0.717, 1.165) is 16.6 Å². The van der Waals surface area contributed by atoms with E-state index in [2.05, 4.69) is 9.97 Å². The molecule has 2 nitrogen and oxygen atoms in total. The first-order valence-corrected chi connectivity index (χ1v) is 5.16. The molecule has 72 valence electrons. The highest BCUT2D eigenvalue weighted by molar-refractivity contribution is 7.10. The summed E-state index contributed by atoms with van der Waals surface area (Å²) in [6.45, 7) is 1.95. The Morgan fingerprint density at radius 1 is 1.50 bits per heavy atom. The zero-order chi connectivity index (χ0) is 10.1. The fourth-order valence-corrected chi connectivity index (χ4v) is 1.94. The number of halogens is 2.